The molecule has 1 atom stereocenters. The number of carbonyl (C=O) groups is 1. The molecule has 1 amide bonds. The maximum absolute atomic E-state index is 12.0. The first kappa shape index (κ1) is 11.1. The Morgan fingerprint density at radius 3 is 2.88 bits per heavy atom. The molecule has 2 heterocycles. The molecule has 1 aromatic heterocycles. The van der Waals surface area contributed by atoms with Gasteiger partial charge in [0.1, 0.15) is 17.8 Å². The Labute approximate surface area is 98.9 Å². The van der Waals surface area contributed by atoms with Gasteiger partial charge in [-0.2, -0.15) is 10.5 Å². The average molecular weight is 226 g/mol. The minimum Gasteiger partial charge on any atom is -0.321 e. The lowest BCUT2D eigenvalue weighted by Crippen LogP contribution is -2.35. The number of rotatable bonds is 1. The van der Waals surface area contributed by atoms with Crippen molar-refractivity contribution in [1.29, 1.82) is 10.5 Å². The van der Waals surface area contributed by atoms with E-state index < -0.39 is 0 Å². The molecule has 2 rings (SSSR count). The summed E-state index contributed by atoms with van der Waals surface area (Å²) >= 11 is 0. The molecule has 1 fully saturated rings. The Balaban J connectivity index is 2.20. The highest BCUT2D eigenvalue weighted by molar-refractivity contribution is 5.93. The van der Waals surface area contributed by atoms with Crippen LogP contribution in [0.25, 0.3) is 0 Å². The highest BCUT2D eigenvalue weighted by Crippen LogP contribution is 2.18. The summed E-state index contributed by atoms with van der Waals surface area (Å²) in [6, 6.07) is 6.78. The molecule has 0 spiro atoms. The predicted octanol–water partition coefficient (Wildman–Crippen LogP) is 1.08. The van der Waals surface area contributed by atoms with E-state index in [1.165, 1.54) is 17.2 Å². The average Bonchev–Trinajstić information content (AvgIpc) is 2.86. The molecular weight excluding hydrogens is 216 g/mol. The fourth-order valence-corrected chi connectivity index (χ4v) is 1.88. The van der Waals surface area contributed by atoms with Crippen molar-refractivity contribution in [1.82, 2.24) is 9.88 Å². The van der Waals surface area contributed by atoms with Gasteiger partial charge in [0.05, 0.1) is 11.6 Å². The number of pyridine rings is 1. The Bertz CT molecular complexity index is 509. The summed E-state index contributed by atoms with van der Waals surface area (Å²) in [6.45, 7) is 0.596. The monoisotopic (exact) mass is 226 g/mol. The van der Waals surface area contributed by atoms with Gasteiger partial charge in [-0.1, -0.05) is 0 Å². The van der Waals surface area contributed by atoms with Gasteiger partial charge in [-0.05, 0) is 25.0 Å². The SMILES string of the molecule is N#Cc1ccc(C(=O)N2CCCC2C#N)nc1. The molecule has 17 heavy (non-hydrogen) atoms. The van der Waals surface area contributed by atoms with E-state index in [9.17, 15) is 4.79 Å². The van der Waals surface area contributed by atoms with Crippen LogP contribution in [0.1, 0.15) is 28.9 Å². The van der Waals surface area contributed by atoms with Gasteiger partial charge in [0, 0.05) is 12.7 Å². The highest BCUT2D eigenvalue weighted by atomic mass is 16.2. The van der Waals surface area contributed by atoms with Crippen LogP contribution < -0.4 is 0 Å². The van der Waals surface area contributed by atoms with Gasteiger partial charge < -0.3 is 4.90 Å². The predicted molar refractivity (Wildman–Crippen MR) is 58.6 cm³/mol. The molecule has 1 saturated heterocycles. The lowest BCUT2D eigenvalue weighted by Gasteiger charge is -2.18. The molecule has 5 heteroatoms. The first-order valence-corrected chi connectivity index (χ1v) is 5.33. The molecule has 84 valence electrons. The molecule has 0 N–H and O–H groups in total. The van der Waals surface area contributed by atoms with Gasteiger partial charge in [-0.3, -0.25) is 4.79 Å². The van der Waals surface area contributed by atoms with E-state index in [-0.39, 0.29) is 17.6 Å². The van der Waals surface area contributed by atoms with E-state index in [2.05, 4.69) is 11.1 Å². The second kappa shape index (κ2) is 4.63. The fourth-order valence-electron chi connectivity index (χ4n) is 1.88. The first-order chi connectivity index (χ1) is 8.26. The molecule has 0 aromatic carbocycles. The van der Waals surface area contributed by atoms with Gasteiger partial charge in [0.25, 0.3) is 5.91 Å². The second-order valence-electron chi connectivity index (χ2n) is 3.83. The molecular formula is C12H10N4O. The van der Waals surface area contributed by atoms with Crippen LogP contribution in [0.3, 0.4) is 0 Å². The summed E-state index contributed by atoms with van der Waals surface area (Å²) in [6.07, 6.45) is 2.93. The summed E-state index contributed by atoms with van der Waals surface area (Å²) in [5, 5.41) is 17.5. The molecule has 5 nitrogen and oxygen atoms in total. The van der Waals surface area contributed by atoms with E-state index in [4.69, 9.17) is 10.5 Å². The minimum atomic E-state index is -0.347. The van der Waals surface area contributed by atoms with Crippen LogP contribution in [-0.2, 0) is 0 Å². The molecule has 0 saturated carbocycles. The number of nitrogens with zero attached hydrogens (tertiary/aromatic N) is 4. The van der Waals surface area contributed by atoms with E-state index in [1.807, 2.05) is 6.07 Å². The number of amides is 1. The zero-order valence-electron chi connectivity index (χ0n) is 9.13. The summed E-state index contributed by atoms with van der Waals surface area (Å²) in [4.78, 5) is 17.5. The number of carbonyl (C=O) groups excluding carboxylic acids is 1. The van der Waals surface area contributed by atoms with Crippen LogP contribution in [0.15, 0.2) is 18.3 Å². The van der Waals surface area contributed by atoms with Crippen LogP contribution in [0.4, 0.5) is 0 Å². The Kier molecular flexibility index (Phi) is 3.02. The summed E-state index contributed by atoms with van der Waals surface area (Å²) in [5.74, 6) is -0.237. The summed E-state index contributed by atoms with van der Waals surface area (Å²) in [7, 11) is 0. The van der Waals surface area contributed by atoms with Crippen molar-refractivity contribution >= 4 is 5.91 Å². The third kappa shape index (κ3) is 2.09. The lowest BCUT2D eigenvalue weighted by atomic mass is 10.2. The van der Waals surface area contributed by atoms with Crippen LogP contribution in [-0.4, -0.2) is 28.4 Å². The maximum atomic E-state index is 12.0. The molecule has 1 aliphatic heterocycles. The van der Waals surface area contributed by atoms with Gasteiger partial charge in [0.2, 0.25) is 0 Å². The van der Waals surface area contributed by atoms with E-state index in [1.54, 1.807) is 6.07 Å². The molecule has 1 unspecified atom stereocenters. The number of hydrogen-bond acceptors (Lipinski definition) is 4. The van der Waals surface area contributed by atoms with E-state index in [0.717, 1.165) is 12.8 Å². The molecule has 0 aliphatic carbocycles. The molecule has 0 bridgehead atoms. The topological polar surface area (TPSA) is 80.8 Å². The van der Waals surface area contributed by atoms with Crippen molar-refractivity contribution in [2.75, 3.05) is 6.54 Å². The Morgan fingerprint density at radius 1 is 1.47 bits per heavy atom. The summed E-state index contributed by atoms with van der Waals surface area (Å²) in [5.41, 5.74) is 0.700. The first-order valence-electron chi connectivity index (χ1n) is 5.33. The van der Waals surface area contributed by atoms with Crippen LogP contribution in [0, 0.1) is 22.7 Å². The van der Waals surface area contributed by atoms with Gasteiger partial charge >= 0.3 is 0 Å². The lowest BCUT2D eigenvalue weighted by molar-refractivity contribution is 0.0759. The maximum Gasteiger partial charge on any atom is 0.273 e. The zero-order chi connectivity index (χ0) is 12.3. The zero-order valence-corrected chi connectivity index (χ0v) is 9.13. The normalized spacial score (nSPS) is 18.5. The molecule has 1 aliphatic rings. The fraction of sp³-hybridized carbons (Fsp3) is 0.333. The number of hydrogen-bond donors (Lipinski definition) is 0. The van der Waals surface area contributed by atoms with Crippen LogP contribution in [0.2, 0.25) is 0 Å². The van der Waals surface area contributed by atoms with Gasteiger partial charge in [0.15, 0.2) is 0 Å². The van der Waals surface area contributed by atoms with Gasteiger partial charge in [-0.15, -0.1) is 0 Å². The minimum absolute atomic E-state index is 0.237. The highest BCUT2D eigenvalue weighted by Gasteiger charge is 2.29. The van der Waals surface area contributed by atoms with Crippen LogP contribution in [0.5, 0.6) is 0 Å². The van der Waals surface area contributed by atoms with Crippen molar-refractivity contribution < 1.29 is 4.79 Å². The summed E-state index contributed by atoms with van der Waals surface area (Å²) < 4.78 is 0. The number of likely N-dealkylation sites (tertiary alicyclic amines) is 1. The van der Waals surface area contributed by atoms with Crippen molar-refractivity contribution in [2.45, 2.75) is 18.9 Å². The van der Waals surface area contributed by atoms with Crippen molar-refractivity contribution in [2.24, 2.45) is 0 Å². The van der Waals surface area contributed by atoms with Crippen molar-refractivity contribution in [3.05, 3.63) is 29.6 Å². The van der Waals surface area contributed by atoms with Crippen LogP contribution >= 0.6 is 0 Å². The smallest absolute Gasteiger partial charge is 0.273 e. The third-order valence-corrected chi connectivity index (χ3v) is 2.77. The third-order valence-electron chi connectivity index (χ3n) is 2.77. The quantitative estimate of drug-likeness (QED) is 0.717. The Hall–Kier alpha value is -2.40. The second-order valence-corrected chi connectivity index (χ2v) is 3.83. The molecule has 0 radical (unpaired) electrons. The number of nitriles is 2. The van der Waals surface area contributed by atoms with E-state index in [0.29, 0.717) is 12.1 Å². The van der Waals surface area contributed by atoms with Gasteiger partial charge in [-0.25, -0.2) is 4.98 Å². The van der Waals surface area contributed by atoms with Crippen molar-refractivity contribution in [3.63, 3.8) is 0 Å². The number of aromatic nitrogens is 1. The Morgan fingerprint density at radius 2 is 2.29 bits per heavy atom. The molecule has 1 aromatic rings. The van der Waals surface area contributed by atoms with E-state index >= 15 is 0 Å². The largest absolute Gasteiger partial charge is 0.321 e. The standard InChI is InChI=1S/C12H10N4O/c13-6-9-3-4-11(15-8-9)12(17)16-5-1-2-10(16)7-14/h3-4,8,10H,1-2,5H2. The van der Waals surface area contributed by atoms with Crippen molar-refractivity contribution in [3.8, 4) is 12.1 Å².